The van der Waals surface area contributed by atoms with Crippen LogP contribution in [0.5, 0.6) is 0 Å². The number of aromatic amines is 1. The smallest absolute Gasteiger partial charge is 0.309 e. The van der Waals surface area contributed by atoms with E-state index in [1.165, 1.54) is 19.3 Å². The summed E-state index contributed by atoms with van der Waals surface area (Å²) in [6.07, 6.45) is 7.37. The molecule has 4 heteroatoms. The zero-order valence-electron chi connectivity index (χ0n) is 9.12. The number of hydrogen-bond acceptors (Lipinski definition) is 2. The quantitative estimate of drug-likeness (QED) is 0.678. The molecule has 0 aromatic carbocycles. The standard InChI is InChI=1S/C11H18N2O2/c1-2-3-4-5-6-10-12-8-9(13-10)7-11(14)15/h8H,2-7H2,1H3,(H,12,13)(H,14,15). The molecule has 84 valence electrons. The normalized spacial score (nSPS) is 10.5. The summed E-state index contributed by atoms with van der Waals surface area (Å²) in [5.74, 6) is 0.0820. The molecule has 1 aromatic heterocycles. The van der Waals surface area contributed by atoms with Gasteiger partial charge in [-0.15, -0.1) is 0 Å². The number of H-pyrrole nitrogens is 1. The van der Waals surface area contributed by atoms with Crippen molar-refractivity contribution in [1.82, 2.24) is 9.97 Å². The lowest BCUT2D eigenvalue weighted by Gasteiger charge is -1.96. The maximum Gasteiger partial charge on any atom is 0.309 e. The molecule has 2 N–H and O–H groups in total. The van der Waals surface area contributed by atoms with E-state index in [1.807, 2.05) is 0 Å². The monoisotopic (exact) mass is 210 g/mol. The molecule has 1 heterocycles. The van der Waals surface area contributed by atoms with Crippen LogP contribution in [0.15, 0.2) is 6.20 Å². The Kier molecular flexibility index (Phi) is 4.87. The van der Waals surface area contributed by atoms with E-state index in [2.05, 4.69) is 16.9 Å². The number of carboxylic acid groups (broad SMARTS) is 1. The van der Waals surface area contributed by atoms with Crippen LogP contribution in [0, 0.1) is 0 Å². The summed E-state index contributed by atoms with van der Waals surface area (Å²) >= 11 is 0. The average Bonchev–Trinajstić information content (AvgIpc) is 2.59. The van der Waals surface area contributed by atoms with Gasteiger partial charge in [-0.05, 0) is 6.42 Å². The summed E-state index contributed by atoms with van der Waals surface area (Å²) in [6, 6.07) is 0. The second-order valence-electron chi connectivity index (χ2n) is 3.74. The van der Waals surface area contributed by atoms with Gasteiger partial charge in [0.1, 0.15) is 5.82 Å². The van der Waals surface area contributed by atoms with Crippen molar-refractivity contribution in [2.24, 2.45) is 0 Å². The van der Waals surface area contributed by atoms with E-state index in [-0.39, 0.29) is 6.42 Å². The van der Waals surface area contributed by atoms with E-state index in [9.17, 15) is 4.79 Å². The first-order chi connectivity index (χ1) is 7.22. The minimum atomic E-state index is -0.823. The van der Waals surface area contributed by atoms with Crippen LogP contribution in [0.4, 0.5) is 0 Å². The molecule has 1 aromatic rings. The van der Waals surface area contributed by atoms with Crippen molar-refractivity contribution in [2.45, 2.75) is 45.4 Å². The van der Waals surface area contributed by atoms with Crippen molar-refractivity contribution in [2.75, 3.05) is 0 Å². The van der Waals surface area contributed by atoms with Crippen molar-refractivity contribution in [3.63, 3.8) is 0 Å². The topological polar surface area (TPSA) is 66.0 Å². The fraction of sp³-hybridized carbons (Fsp3) is 0.636. The lowest BCUT2D eigenvalue weighted by molar-refractivity contribution is -0.136. The fourth-order valence-electron chi connectivity index (χ4n) is 1.50. The lowest BCUT2D eigenvalue weighted by atomic mass is 10.1. The molecule has 0 radical (unpaired) electrons. The van der Waals surface area contributed by atoms with Crippen LogP contribution in [-0.2, 0) is 17.6 Å². The molecule has 0 atom stereocenters. The summed E-state index contributed by atoms with van der Waals surface area (Å²) < 4.78 is 0. The summed E-state index contributed by atoms with van der Waals surface area (Å²) in [4.78, 5) is 17.6. The highest BCUT2D eigenvalue weighted by Crippen LogP contribution is 2.05. The van der Waals surface area contributed by atoms with Crippen LogP contribution in [0.2, 0.25) is 0 Å². The van der Waals surface area contributed by atoms with Crippen molar-refractivity contribution in [3.8, 4) is 0 Å². The molecular formula is C11H18N2O2. The van der Waals surface area contributed by atoms with Gasteiger partial charge in [-0.3, -0.25) is 4.79 Å². The van der Waals surface area contributed by atoms with Crippen molar-refractivity contribution < 1.29 is 9.90 Å². The van der Waals surface area contributed by atoms with Crippen LogP contribution < -0.4 is 0 Å². The Bertz CT molecular complexity index is 307. The minimum Gasteiger partial charge on any atom is -0.481 e. The van der Waals surface area contributed by atoms with Crippen LogP contribution in [0.3, 0.4) is 0 Å². The molecule has 0 saturated carbocycles. The molecule has 0 aliphatic rings. The molecule has 15 heavy (non-hydrogen) atoms. The summed E-state index contributed by atoms with van der Waals surface area (Å²) in [6.45, 7) is 2.18. The molecule has 0 fully saturated rings. The highest BCUT2D eigenvalue weighted by Gasteiger charge is 2.04. The summed E-state index contributed by atoms with van der Waals surface area (Å²) in [5, 5.41) is 8.57. The number of hydrogen-bond donors (Lipinski definition) is 2. The van der Waals surface area contributed by atoms with E-state index in [1.54, 1.807) is 6.20 Å². The Balaban J connectivity index is 2.29. The summed E-state index contributed by atoms with van der Waals surface area (Å²) in [5.41, 5.74) is 0.688. The van der Waals surface area contributed by atoms with Gasteiger partial charge in [0.05, 0.1) is 6.42 Å². The predicted octanol–water partition coefficient (Wildman–Crippen LogP) is 2.16. The Labute approximate surface area is 89.7 Å². The van der Waals surface area contributed by atoms with Crippen LogP contribution >= 0.6 is 0 Å². The Morgan fingerprint density at radius 2 is 2.27 bits per heavy atom. The molecule has 0 aliphatic heterocycles. The van der Waals surface area contributed by atoms with Crippen LogP contribution in [-0.4, -0.2) is 21.0 Å². The second kappa shape index (κ2) is 6.22. The number of aromatic nitrogens is 2. The predicted molar refractivity (Wildman–Crippen MR) is 57.8 cm³/mol. The summed E-state index contributed by atoms with van der Waals surface area (Å²) in [7, 11) is 0. The maximum absolute atomic E-state index is 10.4. The van der Waals surface area contributed by atoms with Gasteiger partial charge < -0.3 is 10.1 Å². The molecule has 0 amide bonds. The number of rotatable bonds is 7. The van der Waals surface area contributed by atoms with Crippen molar-refractivity contribution in [1.29, 1.82) is 0 Å². The molecule has 0 aliphatic carbocycles. The number of nitrogens with zero attached hydrogens (tertiary/aromatic N) is 1. The number of unbranched alkanes of at least 4 members (excludes halogenated alkanes) is 3. The van der Waals surface area contributed by atoms with E-state index in [0.717, 1.165) is 18.7 Å². The number of imidazole rings is 1. The van der Waals surface area contributed by atoms with Crippen LogP contribution in [0.25, 0.3) is 0 Å². The Morgan fingerprint density at radius 1 is 1.47 bits per heavy atom. The number of carbonyl (C=O) groups is 1. The van der Waals surface area contributed by atoms with Crippen LogP contribution in [0.1, 0.15) is 44.1 Å². The highest BCUT2D eigenvalue weighted by atomic mass is 16.4. The molecule has 0 saturated heterocycles. The fourth-order valence-corrected chi connectivity index (χ4v) is 1.50. The lowest BCUT2D eigenvalue weighted by Crippen LogP contribution is -2.00. The SMILES string of the molecule is CCCCCCc1ncc(CC(=O)O)[nH]1. The molecule has 0 spiro atoms. The molecule has 1 rings (SSSR count). The Hall–Kier alpha value is -1.32. The van der Waals surface area contributed by atoms with E-state index in [0.29, 0.717) is 5.69 Å². The number of aryl methyl sites for hydroxylation is 1. The second-order valence-corrected chi connectivity index (χ2v) is 3.74. The average molecular weight is 210 g/mol. The minimum absolute atomic E-state index is 0.0297. The number of nitrogens with one attached hydrogen (secondary N) is 1. The third-order valence-electron chi connectivity index (χ3n) is 2.29. The Morgan fingerprint density at radius 3 is 2.93 bits per heavy atom. The van der Waals surface area contributed by atoms with Gasteiger partial charge in [-0.1, -0.05) is 26.2 Å². The molecular weight excluding hydrogens is 192 g/mol. The van der Waals surface area contributed by atoms with Crippen molar-refractivity contribution >= 4 is 5.97 Å². The van der Waals surface area contributed by atoms with Gasteiger partial charge >= 0.3 is 5.97 Å². The van der Waals surface area contributed by atoms with Gasteiger partial charge in [0.25, 0.3) is 0 Å². The van der Waals surface area contributed by atoms with E-state index in [4.69, 9.17) is 5.11 Å². The van der Waals surface area contributed by atoms with E-state index < -0.39 is 5.97 Å². The molecule has 0 unspecified atom stereocenters. The van der Waals surface area contributed by atoms with Gasteiger partial charge in [-0.25, -0.2) is 4.98 Å². The largest absolute Gasteiger partial charge is 0.481 e. The first kappa shape index (κ1) is 11.8. The van der Waals surface area contributed by atoms with E-state index >= 15 is 0 Å². The van der Waals surface area contributed by atoms with Crippen molar-refractivity contribution in [3.05, 3.63) is 17.7 Å². The molecule has 4 nitrogen and oxygen atoms in total. The first-order valence-electron chi connectivity index (χ1n) is 5.47. The first-order valence-corrected chi connectivity index (χ1v) is 5.47. The van der Waals surface area contributed by atoms with Gasteiger partial charge in [0.2, 0.25) is 0 Å². The third-order valence-corrected chi connectivity index (χ3v) is 2.29. The number of carboxylic acids is 1. The van der Waals surface area contributed by atoms with Gasteiger partial charge in [0.15, 0.2) is 0 Å². The highest BCUT2D eigenvalue weighted by molar-refractivity contribution is 5.69. The maximum atomic E-state index is 10.4. The third kappa shape index (κ3) is 4.63. The zero-order chi connectivity index (χ0) is 11.1. The van der Waals surface area contributed by atoms with Gasteiger partial charge in [0, 0.05) is 18.3 Å². The number of aliphatic carboxylic acids is 1. The molecule has 0 bridgehead atoms. The zero-order valence-corrected chi connectivity index (χ0v) is 9.12. The van der Waals surface area contributed by atoms with Gasteiger partial charge in [-0.2, -0.15) is 0 Å².